The van der Waals surface area contributed by atoms with Gasteiger partial charge < -0.3 is 14.4 Å². The summed E-state index contributed by atoms with van der Waals surface area (Å²) in [5, 5.41) is 0. The number of nitrogens with zero attached hydrogens (tertiary/aromatic N) is 1. The number of amides is 1. The molecule has 0 N–H and O–H groups in total. The number of ether oxygens (including phenoxy) is 2. The smallest absolute Gasteiger partial charge is 0.410 e. The summed E-state index contributed by atoms with van der Waals surface area (Å²) < 4.78 is 38.1. The number of carbonyl (C=O) groups excluding carboxylic acids is 2. The highest BCUT2D eigenvalue weighted by atomic mass is 32.2. The zero-order valence-electron chi connectivity index (χ0n) is 14.2. The van der Waals surface area contributed by atoms with E-state index in [-0.39, 0.29) is 26.1 Å². The molecule has 2 unspecified atom stereocenters. The maximum atomic E-state index is 12.1. The van der Waals surface area contributed by atoms with E-state index >= 15 is 0 Å². The predicted molar refractivity (Wildman–Crippen MR) is 82.3 cm³/mol. The number of hydrogen-bond acceptors (Lipinski definition) is 7. The van der Waals surface area contributed by atoms with Crippen molar-refractivity contribution in [1.29, 1.82) is 0 Å². The molecular weight excluding hydrogens is 326 g/mol. The van der Waals surface area contributed by atoms with Gasteiger partial charge in [0.1, 0.15) is 11.7 Å². The average Bonchev–Trinajstić information content (AvgIpc) is 2.34. The molecule has 23 heavy (non-hydrogen) atoms. The van der Waals surface area contributed by atoms with E-state index in [2.05, 4.69) is 0 Å². The van der Waals surface area contributed by atoms with Gasteiger partial charge in [-0.2, -0.15) is 8.42 Å². The van der Waals surface area contributed by atoms with E-state index in [1.54, 1.807) is 27.7 Å². The lowest BCUT2D eigenvalue weighted by Crippen LogP contribution is -2.51. The molecule has 0 spiro atoms. The van der Waals surface area contributed by atoms with Crippen molar-refractivity contribution in [1.82, 2.24) is 4.90 Å². The van der Waals surface area contributed by atoms with Crippen LogP contribution in [0, 0.1) is 5.92 Å². The van der Waals surface area contributed by atoms with Crippen molar-refractivity contribution in [3.63, 3.8) is 0 Å². The van der Waals surface area contributed by atoms with Crippen LogP contribution in [0.3, 0.4) is 0 Å². The molecule has 0 aromatic rings. The van der Waals surface area contributed by atoms with E-state index in [4.69, 9.17) is 13.7 Å². The van der Waals surface area contributed by atoms with Gasteiger partial charge in [-0.25, -0.2) is 4.79 Å². The Morgan fingerprint density at radius 1 is 1.26 bits per heavy atom. The van der Waals surface area contributed by atoms with E-state index in [1.165, 1.54) is 4.90 Å². The van der Waals surface area contributed by atoms with E-state index in [0.29, 0.717) is 0 Å². The quantitative estimate of drug-likeness (QED) is 0.553. The molecule has 1 aliphatic heterocycles. The second-order valence-corrected chi connectivity index (χ2v) is 8.01. The molecule has 1 aliphatic rings. The molecule has 1 amide bonds. The molecule has 0 aliphatic carbocycles. The molecule has 9 heteroatoms. The lowest BCUT2D eigenvalue weighted by Gasteiger charge is -2.37. The molecule has 134 valence electrons. The van der Waals surface area contributed by atoms with Crippen LogP contribution in [0.25, 0.3) is 0 Å². The van der Waals surface area contributed by atoms with Crippen molar-refractivity contribution in [3.8, 4) is 0 Å². The fraction of sp³-hybridized carbons (Fsp3) is 0.857. The largest absolute Gasteiger partial charge is 0.466 e. The normalized spacial score (nSPS) is 22.6. The van der Waals surface area contributed by atoms with Crippen LogP contribution in [0.15, 0.2) is 0 Å². The van der Waals surface area contributed by atoms with Crippen LogP contribution < -0.4 is 0 Å². The Kier molecular flexibility index (Phi) is 6.41. The lowest BCUT2D eigenvalue weighted by atomic mass is 9.94. The van der Waals surface area contributed by atoms with Crippen molar-refractivity contribution in [2.75, 3.05) is 26.0 Å². The predicted octanol–water partition coefficient (Wildman–Crippen LogP) is 1.15. The van der Waals surface area contributed by atoms with Crippen molar-refractivity contribution in [2.24, 2.45) is 5.92 Å². The molecular formula is C14H25NO7S. The highest BCUT2D eigenvalue weighted by Crippen LogP contribution is 2.25. The average molecular weight is 351 g/mol. The fourth-order valence-corrected chi connectivity index (χ4v) is 2.89. The van der Waals surface area contributed by atoms with E-state index in [9.17, 15) is 18.0 Å². The van der Waals surface area contributed by atoms with E-state index in [0.717, 1.165) is 6.26 Å². The third kappa shape index (κ3) is 6.74. The molecule has 0 saturated carbocycles. The number of carbonyl (C=O) groups is 2. The standard InChI is InChI=1S/C14H25NO7S/c1-6-20-12(16)10-7-8-15(13(17)21-14(2,3)4)9-11(10)22-23(5,18)19/h10-11H,6-9H2,1-5H3. The zero-order chi connectivity index (χ0) is 17.8. The minimum absolute atomic E-state index is 0.0501. The van der Waals surface area contributed by atoms with E-state index in [1.807, 2.05) is 0 Å². The van der Waals surface area contributed by atoms with Crippen LogP contribution in [0.4, 0.5) is 4.79 Å². The first kappa shape index (κ1) is 19.7. The SMILES string of the molecule is CCOC(=O)C1CCN(C(=O)OC(C)(C)C)CC1OS(C)(=O)=O. The van der Waals surface area contributed by atoms with Crippen molar-refractivity contribution < 1.29 is 31.7 Å². The molecule has 1 rings (SSSR count). The summed E-state index contributed by atoms with van der Waals surface area (Å²) in [5.41, 5.74) is -0.664. The van der Waals surface area contributed by atoms with Gasteiger partial charge in [-0.15, -0.1) is 0 Å². The van der Waals surface area contributed by atoms with Crippen molar-refractivity contribution in [3.05, 3.63) is 0 Å². The molecule has 2 atom stereocenters. The Labute approximate surface area is 137 Å². The number of esters is 1. The molecule has 1 fully saturated rings. The van der Waals surface area contributed by atoms with Crippen LogP contribution in [0.2, 0.25) is 0 Å². The lowest BCUT2D eigenvalue weighted by molar-refractivity contribution is -0.153. The summed E-state index contributed by atoms with van der Waals surface area (Å²) in [6.07, 6.45) is -0.396. The molecule has 0 aromatic carbocycles. The Hall–Kier alpha value is -1.35. The summed E-state index contributed by atoms with van der Waals surface area (Å²) in [5.74, 6) is -1.26. The minimum Gasteiger partial charge on any atom is -0.466 e. The molecule has 0 radical (unpaired) electrons. The van der Waals surface area contributed by atoms with Crippen LogP contribution in [-0.4, -0.2) is 63.0 Å². The Balaban J connectivity index is 2.86. The molecule has 1 heterocycles. The van der Waals surface area contributed by atoms with Gasteiger partial charge in [-0.1, -0.05) is 0 Å². The Bertz CT molecular complexity index is 538. The molecule has 8 nitrogen and oxygen atoms in total. The first-order valence-electron chi connectivity index (χ1n) is 7.45. The van der Waals surface area contributed by atoms with Crippen LogP contribution in [0.1, 0.15) is 34.1 Å². The summed E-state index contributed by atoms with van der Waals surface area (Å²) in [7, 11) is -3.78. The van der Waals surface area contributed by atoms with Crippen molar-refractivity contribution in [2.45, 2.75) is 45.8 Å². The maximum Gasteiger partial charge on any atom is 0.410 e. The first-order chi connectivity index (χ1) is 10.4. The number of rotatable bonds is 4. The highest BCUT2D eigenvalue weighted by Gasteiger charge is 2.40. The summed E-state index contributed by atoms with van der Waals surface area (Å²) in [6, 6.07) is 0. The molecule has 0 aromatic heterocycles. The number of likely N-dealkylation sites (tertiary alicyclic amines) is 1. The van der Waals surface area contributed by atoms with Crippen LogP contribution in [-0.2, 0) is 28.6 Å². The third-order valence-electron chi connectivity index (χ3n) is 3.10. The van der Waals surface area contributed by atoms with Crippen LogP contribution in [0.5, 0.6) is 0 Å². The van der Waals surface area contributed by atoms with Gasteiger partial charge in [0, 0.05) is 6.54 Å². The van der Waals surface area contributed by atoms with Gasteiger partial charge in [0.25, 0.3) is 10.1 Å². The van der Waals surface area contributed by atoms with Gasteiger partial charge in [-0.3, -0.25) is 8.98 Å². The highest BCUT2D eigenvalue weighted by molar-refractivity contribution is 7.86. The van der Waals surface area contributed by atoms with Gasteiger partial charge in [0.2, 0.25) is 0 Å². The zero-order valence-corrected chi connectivity index (χ0v) is 15.0. The summed E-state index contributed by atoms with van der Waals surface area (Å²) >= 11 is 0. The van der Waals surface area contributed by atoms with Gasteiger partial charge in [0.15, 0.2) is 0 Å². The second kappa shape index (κ2) is 7.48. The fourth-order valence-electron chi connectivity index (χ4n) is 2.25. The van der Waals surface area contributed by atoms with Crippen LogP contribution >= 0.6 is 0 Å². The molecule has 1 saturated heterocycles. The second-order valence-electron chi connectivity index (χ2n) is 6.41. The van der Waals surface area contributed by atoms with Gasteiger partial charge >= 0.3 is 12.1 Å². The monoisotopic (exact) mass is 351 g/mol. The maximum absolute atomic E-state index is 12.1. The first-order valence-corrected chi connectivity index (χ1v) is 9.27. The third-order valence-corrected chi connectivity index (χ3v) is 3.70. The molecule has 0 bridgehead atoms. The topological polar surface area (TPSA) is 99.2 Å². The summed E-state index contributed by atoms with van der Waals surface area (Å²) in [4.78, 5) is 25.4. The van der Waals surface area contributed by atoms with E-state index < -0.39 is 39.8 Å². The number of hydrogen-bond donors (Lipinski definition) is 0. The van der Waals surface area contributed by atoms with Gasteiger partial charge in [-0.05, 0) is 34.1 Å². The van der Waals surface area contributed by atoms with Crippen molar-refractivity contribution >= 4 is 22.2 Å². The Morgan fingerprint density at radius 2 is 1.87 bits per heavy atom. The summed E-state index contributed by atoms with van der Waals surface area (Å²) in [6.45, 7) is 7.28. The number of piperidine rings is 1. The minimum atomic E-state index is -3.78. The Morgan fingerprint density at radius 3 is 2.35 bits per heavy atom. The van der Waals surface area contributed by atoms with Gasteiger partial charge in [0.05, 0.1) is 25.3 Å².